The largest absolute Gasteiger partial charge is 0.391 e. The molecule has 0 aliphatic heterocycles. The molecule has 0 heterocycles. The topological polar surface area (TPSA) is 49.3 Å². The molecule has 0 saturated carbocycles. The monoisotopic (exact) mass is 285 g/mol. The van der Waals surface area contributed by atoms with E-state index < -0.39 is 6.10 Å². The Kier molecular flexibility index (Phi) is 4.96. The molecule has 1 atom stereocenters. The van der Waals surface area contributed by atoms with Gasteiger partial charge >= 0.3 is 0 Å². The molecule has 0 fully saturated rings. The van der Waals surface area contributed by atoms with E-state index in [4.69, 9.17) is 0 Å². The Balaban J connectivity index is 2.70. The number of carbonyl (C=O) groups is 1. The molecule has 0 saturated heterocycles. The molecule has 1 aromatic carbocycles. The third kappa shape index (κ3) is 3.32. The van der Waals surface area contributed by atoms with Gasteiger partial charge in [-0.1, -0.05) is 19.1 Å². The second-order valence-electron chi connectivity index (χ2n) is 3.71. The highest BCUT2D eigenvalue weighted by Crippen LogP contribution is 2.20. The lowest BCUT2D eigenvalue weighted by molar-refractivity contribution is 0.0913. The van der Waals surface area contributed by atoms with Crippen LogP contribution < -0.4 is 5.32 Å². The van der Waals surface area contributed by atoms with Crippen molar-refractivity contribution in [2.45, 2.75) is 26.4 Å². The minimum absolute atomic E-state index is 0.164. The maximum atomic E-state index is 11.8. The Morgan fingerprint density at radius 2 is 2.25 bits per heavy atom. The normalized spacial score (nSPS) is 12.2. The van der Waals surface area contributed by atoms with Crippen molar-refractivity contribution in [3.63, 3.8) is 0 Å². The van der Waals surface area contributed by atoms with Crippen LogP contribution in [-0.4, -0.2) is 23.7 Å². The molecule has 0 bridgehead atoms. The molecular formula is C12H16BrNO2. The fraction of sp³-hybridized carbons (Fsp3) is 0.417. The summed E-state index contributed by atoms with van der Waals surface area (Å²) in [5, 5.41) is 12.0. The number of nitrogens with one attached hydrogen (secondary N) is 1. The smallest absolute Gasteiger partial charge is 0.252 e. The van der Waals surface area contributed by atoms with E-state index in [0.717, 1.165) is 10.0 Å². The van der Waals surface area contributed by atoms with Gasteiger partial charge in [0, 0.05) is 11.0 Å². The second-order valence-corrected chi connectivity index (χ2v) is 4.50. The zero-order valence-electron chi connectivity index (χ0n) is 9.46. The molecule has 0 aliphatic carbocycles. The van der Waals surface area contributed by atoms with E-state index in [9.17, 15) is 9.90 Å². The van der Waals surface area contributed by atoms with E-state index in [1.807, 2.05) is 26.0 Å². The zero-order valence-corrected chi connectivity index (χ0v) is 11.0. The first-order valence-electron chi connectivity index (χ1n) is 5.27. The summed E-state index contributed by atoms with van der Waals surface area (Å²) in [5.41, 5.74) is 1.62. The first-order valence-corrected chi connectivity index (χ1v) is 6.07. The SMILES string of the molecule is CCC(O)CNC(=O)c1cccc(C)c1Br. The van der Waals surface area contributed by atoms with Gasteiger partial charge in [-0.25, -0.2) is 0 Å². The molecule has 88 valence electrons. The highest BCUT2D eigenvalue weighted by Gasteiger charge is 2.11. The van der Waals surface area contributed by atoms with Gasteiger partial charge in [-0.15, -0.1) is 0 Å². The minimum Gasteiger partial charge on any atom is -0.391 e. The molecule has 1 aromatic rings. The summed E-state index contributed by atoms with van der Waals surface area (Å²) in [5.74, 6) is -0.164. The van der Waals surface area contributed by atoms with Crippen molar-refractivity contribution in [2.24, 2.45) is 0 Å². The van der Waals surface area contributed by atoms with E-state index in [-0.39, 0.29) is 12.5 Å². The standard InChI is InChI=1S/C12H16BrNO2/c1-3-9(15)7-14-12(16)10-6-4-5-8(2)11(10)13/h4-6,9,15H,3,7H2,1-2H3,(H,14,16). The first-order chi connectivity index (χ1) is 7.56. The Morgan fingerprint density at radius 3 is 2.88 bits per heavy atom. The number of carbonyl (C=O) groups excluding carboxylic acids is 1. The van der Waals surface area contributed by atoms with Crippen molar-refractivity contribution in [3.8, 4) is 0 Å². The molecule has 4 heteroatoms. The van der Waals surface area contributed by atoms with Gasteiger partial charge in [0.05, 0.1) is 11.7 Å². The lowest BCUT2D eigenvalue weighted by atomic mass is 10.1. The third-order valence-corrected chi connectivity index (χ3v) is 3.46. The maximum Gasteiger partial charge on any atom is 0.252 e. The number of aliphatic hydroxyl groups is 1. The fourth-order valence-corrected chi connectivity index (χ4v) is 1.72. The summed E-state index contributed by atoms with van der Waals surface area (Å²) in [6.07, 6.45) is 0.155. The summed E-state index contributed by atoms with van der Waals surface area (Å²) in [7, 11) is 0. The molecule has 16 heavy (non-hydrogen) atoms. The Bertz CT molecular complexity index is 379. The number of amides is 1. The van der Waals surface area contributed by atoms with Crippen LogP contribution in [0.1, 0.15) is 29.3 Å². The lowest BCUT2D eigenvalue weighted by Crippen LogP contribution is -2.31. The summed E-state index contributed by atoms with van der Waals surface area (Å²) in [4.78, 5) is 11.8. The van der Waals surface area contributed by atoms with Crippen LogP contribution in [0.15, 0.2) is 22.7 Å². The second kappa shape index (κ2) is 6.01. The van der Waals surface area contributed by atoms with Crippen LogP contribution in [0.2, 0.25) is 0 Å². The number of aliphatic hydroxyl groups excluding tert-OH is 1. The molecule has 0 aliphatic rings. The molecule has 0 spiro atoms. The van der Waals surface area contributed by atoms with Gasteiger partial charge in [-0.05, 0) is 40.9 Å². The molecule has 1 unspecified atom stereocenters. The number of hydrogen-bond donors (Lipinski definition) is 2. The summed E-state index contributed by atoms with van der Waals surface area (Å²) < 4.78 is 0.804. The van der Waals surface area contributed by atoms with Gasteiger partial charge in [-0.3, -0.25) is 4.79 Å². The van der Waals surface area contributed by atoms with E-state index in [1.54, 1.807) is 6.07 Å². The molecule has 3 nitrogen and oxygen atoms in total. The van der Waals surface area contributed by atoms with Crippen LogP contribution in [0.25, 0.3) is 0 Å². The van der Waals surface area contributed by atoms with Gasteiger partial charge in [0.1, 0.15) is 0 Å². The lowest BCUT2D eigenvalue weighted by Gasteiger charge is -2.11. The Labute approximate surface area is 104 Å². The number of rotatable bonds is 4. The van der Waals surface area contributed by atoms with Gasteiger partial charge in [-0.2, -0.15) is 0 Å². The quantitative estimate of drug-likeness (QED) is 0.892. The maximum absolute atomic E-state index is 11.8. The van der Waals surface area contributed by atoms with Gasteiger partial charge in [0.15, 0.2) is 0 Å². The summed E-state index contributed by atoms with van der Waals surface area (Å²) in [6, 6.07) is 5.53. The number of benzene rings is 1. The van der Waals surface area contributed by atoms with Crippen molar-refractivity contribution >= 4 is 21.8 Å². The number of hydrogen-bond acceptors (Lipinski definition) is 2. The van der Waals surface area contributed by atoms with Crippen LogP contribution in [0.4, 0.5) is 0 Å². The Hall–Kier alpha value is -0.870. The number of aryl methyl sites for hydroxylation is 1. The van der Waals surface area contributed by atoms with Crippen molar-refractivity contribution in [1.82, 2.24) is 5.32 Å². The predicted octanol–water partition coefficient (Wildman–Crippen LogP) is 2.26. The molecule has 0 aromatic heterocycles. The molecule has 2 N–H and O–H groups in total. The summed E-state index contributed by atoms with van der Waals surface area (Å²) >= 11 is 3.38. The van der Waals surface area contributed by atoms with Crippen LogP contribution >= 0.6 is 15.9 Å². The van der Waals surface area contributed by atoms with Crippen molar-refractivity contribution in [2.75, 3.05) is 6.54 Å². The van der Waals surface area contributed by atoms with E-state index in [0.29, 0.717) is 12.0 Å². The van der Waals surface area contributed by atoms with Crippen LogP contribution in [0, 0.1) is 6.92 Å². The van der Waals surface area contributed by atoms with Crippen molar-refractivity contribution in [3.05, 3.63) is 33.8 Å². The predicted molar refractivity (Wildman–Crippen MR) is 67.5 cm³/mol. The minimum atomic E-state index is -0.479. The first kappa shape index (κ1) is 13.2. The average Bonchev–Trinajstić information content (AvgIpc) is 2.29. The van der Waals surface area contributed by atoms with Crippen molar-refractivity contribution < 1.29 is 9.90 Å². The number of halogens is 1. The van der Waals surface area contributed by atoms with Gasteiger partial charge in [0.25, 0.3) is 5.91 Å². The average molecular weight is 286 g/mol. The highest BCUT2D eigenvalue weighted by atomic mass is 79.9. The molecule has 1 rings (SSSR count). The highest BCUT2D eigenvalue weighted by molar-refractivity contribution is 9.10. The summed E-state index contributed by atoms with van der Waals surface area (Å²) in [6.45, 7) is 4.09. The molecular weight excluding hydrogens is 270 g/mol. The zero-order chi connectivity index (χ0) is 12.1. The van der Waals surface area contributed by atoms with Crippen LogP contribution in [0.5, 0.6) is 0 Å². The third-order valence-electron chi connectivity index (χ3n) is 2.41. The van der Waals surface area contributed by atoms with Crippen LogP contribution in [-0.2, 0) is 0 Å². The fourth-order valence-electron chi connectivity index (χ4n) is 1.27. The molecule has 1 amide bonds. The van der Waals surface area contributed by atoms with Gasteiger partial charge in [0.2, 0.25) is 0 Å². The van der Waals surface area contributed by atoms with Crippen molar-refractivity contribution in [1.29, 1.82) is 0 Å². The van der Waals surface area contributed by atoms with E-state index in [1.165, 1.54) is 0 Å². The van der Waals surface area contributed by atoms with E-state index >= 15 is 0 Å². The Morgan fingerprint density at radius 1 is 1.56 bits per heavy atom. The van der Waals surface area contributed by atoms with Gasteiger partial charge < -0.3 is 10.4 Å². The van der Waals surface area contributed by atoms with E-state index in [2.05, 4.69) is 21.2 Å². The van der Waals surface area contributed by atoms with Crippen LogP contribution in [0.3, 0.4) is 0 Å². The molecule has 0 radical (unpaired) electrons.